The lowest BCUT2D eigenvalue weighted by molar-refractivity contribution is 0.367. The molecule has 2 N–H and O–H groups in total. The molecule has 86 valence electrons. The fourth-order valence-electron chi connectivity index (χ4n) is 1.54. The molecule has 1 aromatic heterocycles. The van der Waals surface area contributed by atoms with Crippen molar-refractivity contribution in [2.75, 3.05) is 27.7 Å². The molecular weight excluding hydrogens is 192 g/mol. The summed E-state index contributed by atoms with van der Waals surface area (Å²) < 4.78 is 6.99. The van der Waals surface area contributed by atoms with Crippen LogP contribution >= 0.6 is 0 Å². The molecule has 1 heterocycles. The van der Waals surface area contributed by atoms with Crippen LogP contribution in [-0.4, -0.2) is 42.4 Å². The smallest absolute Gasteiger partial charge is 0.161 e. The van der Waals surface area contributed by atoms with Gasteiger partial charge in [-0.1, -0.05) is 0 Å². The lowest BCUT2D eigenvalue weighted by Gasteiger charge is -2.16. The van der Waals surface area contributed by atoms with Crippen molar-refractivity contribution in [2.45, 2.75) is 12.5 Å². The van der Waals surface area contributed by atoms with E-state index in [1.165, 1.54) is 0 Å². The number of hydrogen-bond acceptors (Lipinski definition) is 4. The summed E-state index contributed by atoms with van der Waals surface area (Å²) >= 11 is 0. The minimum Gasteiger partial charge on any atom is -0.493 e. The van der Waals surface area contributed by atoms with Gasteiger partial charge in [0.1, 0.15) is 0 Å². The highest BCUT2D eigenvalue weighted by Crippen LogP contribution is 2.24. The molecule has 1 atom stereocenters. The number of aryl methyl sites for hydroxylation is 1. The summed E-state index contributed by atoms with van der Waals surface area (Å²) in [5, 5.41) is 4.13. The number of nitrogens with two attached hydrogens (primary N) is 1. The van der Waals surface area contributed by atoms with Gasteiger partial charge in [0.05, 0.1) is 25.0 Å². The third-order valence-electron chi connectivity index (χ3n) is 2.41. The average Bonchev–Trinajstić information content (AvgIpc) is 2.56. The molecule has 0 aromatic carbocycles. The summed E-state index contributed by atoms with van der Waals surface area (Å²) in [7, 11) is 7.59. The molecule has 0 saturated carbocycles. The maximum atomic E-state index is 6.10. The second kappa shape index (κ2) is 5.14. The third-order valence-corrected chi connectivity index (χ3v) is 2.41. The Balaban J connectivity index is 2.71. The molecule has 0 spiro atoms. The molecule has 15 heavy (non-hydrogen) atoms. The Morgan fingerprint density at radius 3 is 2.80 bits per heavy atom. The summed E-state index contributed by atoms with van der Waals surface area (Å²) in [6, 6.07) is -0.0325. The van der Waals surface area contributed by atoms with Gasteiger partial charge in [0.2, 0.25) is 0 Å². The number of methoxy groups -OCH3 is 1. The molecule has 5 heteroatoms. The van der Waals surface area contributed by atoms with E-state index in [4.69, 9.17) is 10.5 Å². The van der Waals surface area contributed by atoms with Crippen molar-refractivity contribution in [1.82, 2.24) is 14.7 Å². The summed E-state index contributed by atoms with van der Waals surface area (Å²) in [4.78, 5) is 2.11. The number of hydrogen-bond donors (Lipinski definition) is 1. The van der Waals surface area contributed by atoms with Gasteiger partial charge in [0, 0.05) is 7.05 Å². The van der Waals surface area contributed by atoms with E-state index in [0.29, 0.717) is 0 Å². The van der Waals surface area contributed by atoms with Crippen molar-refractivity contribution in [1.29, 1.82) is 0 Å². The zero-order chi connectivity index (χ0) is 11.4. The normalized spacial score (nSPS) is 13.2. The van der Waals surface area contributed by atoms with Crippen LogP contribution in [0.1, 0.15) is 18.2 Å². The van der Waals surface area contributed by atoms with Crippen LogP contribution in [0.25, 0.3) is 0 Å². The number of rotatable bonds is 5. The predicted molar refractivity (Wildman–Crippen MR) is 59.9 cm³/mol. The van der Waals surface area contributed by atoms with E-state index in [9.17, 15) is 0 Å². The summed E-state index contributed by atoms with van der Waals surface area (Å²) in [6.45, 7) is 0.954. The molecule has 1 rings (SSSR count). The molecular formula is C10H20N4O. The lowest BCUT2D eigenvalue weighted by Crippen LogP contribution is -2.22. The largest absolute Gasteiger partial charge is 0.493 e. The molecule has 0 aliphatic carbocycles. The standard InChI is InChI=1S/C10H20N4O/c1-13(2)6-5-8(11)10-9(15-4)7-12-14(10)3/h7-8H,5-6,11H2,1-4H3. The first kappa shape index (κ1) is 12.0. The quantitative estimate of drug-likeness (QED) is 0.766. The Morgan fingerprint density at radius 2 is 2.27 bits per heavy atom. The van der Waals surface area contributed by atoms with Gasteiger partial charge in [0.25, 0.3) is 0 Å². The van der Waals surface area contributed by atoms with Crippen molar-refractivity contribution in [3.63, 3.8) is 0 Å². The first-order valence-corrected chi connectivity index (χ1v) is 5.02. The predicted octanol–water partition coefficient (Wildman–Crippen LogP) is 0.380. The van der Waals surface area contributed by atoms with E-state index >= 15 is 0 Å². The van der Waals surface area contributed by atoms with Crippen LogP contribution in [0.5, 0.6) is 5.75 Å². The number of nitrogens with zero attached hydrogens (tertiary/aromatic N) is 3. The van der Waals surface area contributed by atoms with Gasteiger partial charge < -0.3 is 15.4 Å². The minimum atomic E-state index is -0.0325. The number of aromatic nitrogens is 2. The molecule has 0 aliphatic heterocycles. The Morgan fingerprint density at radius 1 is 1.60 bits per heavy atom. The van der Waals surface area contributed by atoms with Crippen LogP contribution < -0.4 is 10.5 Å². The van der Waals surface area contributed by atoms with Crippen LogP contribution in [-0.2, 0) is 7.05 Å². The van der Waals surface area contributed by atoms with E-state index in [1.807, 2.05) is 21.1 Å². The van der Waals surface area contributed by atoms with E-state index in [2.05, 4.69) is 10.00 Å². The van der Waals surface area contributed by atoms with Crippen LogP contribution in [0.3, 0.4) is 0 Å². The fourth-order valence-corrected chi connectivity index (χ4v) is 1.54. The van der Waals surface area contributed by atoms with Gasteiger partial charge >= 0.3 is 0 Å². The highest BCUT2D eigenvalue weighted by atomic mass is 16.5. The second-order valence-corrected chi connectivity index (χ2v) is 3.92. The van der Waals surface area contributed by atoms with Crippen LogP contribution in [0, 0.1) is 0 Å². The minimum absolute atomic E-state index is 0.0325. The Labute approximate surface area is 90.8 Å². The van der Waals surface area contributed by atoms with E-state index in [1.54, 1.807) is 18.0 Å². The van der Waals surface area contributed by atoms with Crippen molar-refractivity contribution in [3.8, 4) is 5.75 Å². The average molecular weight is 212 g/mol. The van der Waals surface area contributed by atoms with Gasteiger partial charge in [-0.3, -0.25) is 4.68 Å². The summed E-state index contributed by atoms with van der Waals surface area (Å²) in [6.07, 6.45) is 2.59. The lowest BCUT2D eigenvalue weighted by atomic mass is 10.1. The molecule has 0 fully saturated rings. The highest BCUT2D eigenvalue weighted by molar-refractivity contribution is 5.27. The molecule has 0 saturated heterocycles. The van der Waals surface area contributed by atoms with Gasteiger partial charge in [-0.15, -0.1) is 0 Å². The van der Waals surface area contributed by atoms with Crippen molar-refractivity contribution in [3.05, 3.63) is 11.9 Å². The monoisotopic (exact) mass is 212 g/mol. The van der Waals surface area contributed by atoms with Gasteiger partial charge in [-0.05, 0) is 27.1 Å². The summed E-state index contributed by atoms with van der Waals surface area (Å²) in [5.74, 6) is 0.767. The van der Waals surface area contributed by atoms with Crippen molar-refractivity contribution >= 4 is 0 Å². The topological polar surface area (TPSA) is 56.3 Å². The second-order valence-electron chi connectivity index (χ2n) is 3.92. The fraction of sp³-hybridized carbons (Fsp3) is 0.700. The maximum absolute atomic E-state index is 6.10. The molecule has 1 aromatic rings. The van der Waals surface area contributed by atoms with Gasteiger partial charge in [-0.2, -0.15) is 5.10 Å². The van der Waals surface area contributed by atoms with Crippen molar-refractivity contribution in [2.24, 2.45) is 12.8 Å². The van der Waals surface area contributed by atoms with E-state index in [0.717, 1.165) is 24.4 Å². The molecule has 0 aliphatic rings. The molecule has 1 unspecified atom stereocenters. The Hall–Kier alpha value is -1.07. The molecule has 0 radical (unpaired) electrons. The zero-order valence-corrected chi connectivity index (χ0v) is 9.90. The zero-order valence-electron chi connectivity index (χ0n) is 9.90. The SMILES string of the molecule is COc1cnn(C)c1C(N)CCN(C)C. The van der Waals surface area contributed by atoms with Crippen LogP contribution in [0.2, 0.25) is 0 Å². The van der Waals surface area contributed by atoms with E-state index < -0.39 is 0 Å². The van der Waals surface area contributed by atoms with Crippen LogP contribution in [0.4, 0.5) is 0 Å². The highest BCUT2D eigenvalue weighted by Gasteiger charge is 2.16. The first-order chi connectivity index (χ1) is 7.06. The van der Waals surface area contributed by atoms with Gasteiger partial charge in [-0.25, -0.2) is 0 Å². The Kier molecular flexibility index (Phi) is 4.11. The molecule has 0 bridgehead atoms. The summed E-state index contributed by atoms with van der Waals surface area (Å²) in [5.41, 5.74) is 7.06. The van der Waals surface area contributed by atoms with Gasteiger partial charge in [0.15, 0.2) is 5.75 Å². The maximum Gasteiger partial charge on any atom is 0.161 e. The molecule has 0 amide bonds. The Bertz CT molecular complexity index is 308. The van der Waals surface area contributed by atoms with Crippen LogP contribution in [0.15, 0.2) is 6.20 Å². The first-order valence-electron chi connectivity index (χ1n) is 5.02. The third kappa shape index (κ3) is 2.94. The van der Waals surface area contributed by atoms with Crippen molar-refractivity contribution < 1.29 is 4.74 Å². The molecule has 5 nitrogen and oxygen atoms in total. The number of ether oxygens (including phenoxy) is 1. The van der Waals surface area contributed by atoms with E-state index in [-0.39, 0.29) is 6.04 Å².